The molecule has 0 spiro atoms. The molecule has 0 aromatic carbocycles. The smallest absolute Gasteiger partial charge is 0.237 e. The summed E-state index contributed by atoms with van der Waals surface area (Å²) in [7, 11) is 0. The zero-order valence-electron chi connectivity index (χ0n) is 10.3. The molecule has 3 nitrogen and oxygen atoms in total. The van der Waals surface area contributed by atoms with Gasteiger partial charge < -0.3 is 11.1 Å². The summed E-state index contributed by atoms with van der Waals surface area (Å²) in [6.07, 6.45) is 0. The molecule has 90 valence electrons. The van der Waals surface area contributed by atoms with E-state index in [1.807, 2.05) is 26.8 Å². The van der Waals surface area contributed by atoms with Gasteiger partial charge >= 0.3 is 0 Å². The van der Waals surface area contributed by atoms with E-state index in [2.05, 4.69) is 18.3 Å². The van der Waals surface area contributed by atoms with Crippen molar-refractivity contribution in [3.63, 3.8) is 0 Å². The monoisotopic (exact) mass is 240 g/mol. The number of rotatable bonds is 4. The van der Waals surface area contributed by atoms with Gasteiger partial charge in [0.2, 0.25) is 5.91 Å². The fourth-order valence-electron chi connectivity index (χ4n) is 1.37. The summed E-state index contributed by atoms with van der Waals surface area (Å²) in [5.74, 6) is 0.0887. The largest absolute Gasteiger partial charge is 0.347 e. The molecule has 1 rings (SSSR count). The Balaban J connectivity index is 2.58. The van der Waals surface area contributed by atoms with Gasteiger partial charge in [0.15, 0.2) is 0 Å². The summed E-state index contributed by atoms with van der Waals surface area (Å²) >= 11 is 1.70. The lowest BCUT2D eigenvalue weighted by Gasteiger charge is -2.18. The average Bonchev–Trinajstić information content (AvgIpc) is 2.63. The number of nitrogens with two attached hydrogens (primary N) is 1. The van der Waals surface area contributed by atoms with Crippen LogP contribution < -0.4 is 11.1 Å². The number of nitrogens with one attached hydrogen (secondary N) is 1. The van der Waals surface area contributed by atoms with Crippen LogP contribution in [0.2, 0.25) is 0 Å². The summed E-state index contributed by atoms with van der Waals surface area (Å²) in [6, 6.07) is 3.72. The fourth-order valence-corrected chi connectivity index (χ4v) is 2.25. The molecule has 16 heavy (non-hydrogen) atoms. The molecule has 0 saturated heterocycles. The number of carbonyl (C=O) groups excluding carboxylic acids is 1. The van der Waals surface area contributed by atoms with Crippen molar-refractivity contribution in [3.05, 3.63) is 21.9 Å². The number of amides is 1. The van der Waals surface area contributed by atoms with Gasteiger partial charge in [-0.25, -0.2) is 0 Å². The van der Waals surface area contributed by atoms with Crippen LogP contribution in [0, 0.1) is 12.8 Å². The third-order valence-electron chi connectivity index (χ3n) is 2.57. The normalized spacial score (nSPS) is 14.9. The van der Waals surface area contributed by atoms with E-state index < -0.39 is 6.04 Å². The first-order valence-electron chi connectivity index (χ1n) is 5.54. The summed E-state index contributed by atoms with van der Waals surface area (Å²) in [6.45, 7) is 7.94. The van der Waals surface area contributed by atoms with Crippen molar-refractivity contribution in [1.82, 2.24) is 5.32 Å². The number of aryl methyl sites for hydroxylation is 1. The molecule has 2 unspecified atom stereocenters. The van der Waals surface area contributed by atoms with E-state index in [4.69, 9.17) is 5.73 Å². The lowest BCUT2D eigenvalue weighted by atomic mass is 10.0. The Bertz CT molecular complexity index is 360. The van der Waals surface area contributed by atoms with Crippen LogP contribution in [0.5, 0.6) is 0 Å². The van der Waals surface area contributed by atoms with Crippen LogP contribution in [0.15, 0.2) is 12.1 Å². The van der Waals surface area contributed by atoms with Crippen molar-refractivity contribution in [1.29, 1.82) is 0 Å². The van der Waals surface area contributed by atoms with Gasteiger partial charge in [-0.2, -0.15) is 0 Å². The van der Waals surface area contributed by atoms with E-state index in [0.717, 1.165) is 0 Å². The standard InChI is InChI=1S/C12H20N2OS/c1-7(2)11(13)12(15)14-9(4)10-6-5-8(3)16-10/h5-7,9,11H,13H2,1-4H3,(H,14,15). The lowest BCUT2D eigenvalue weighted by molar-refractivity contribution is -0.123. The van der Waals surface area contributed by atoms with Crippen LogP contribution in [0.3, 0.4) is 0 Å². The van der Waals surface area contributed by atoms with Crippen molar-refractivity contribution in [2.75, 3.05) is 0 Å². The van der Waals surface area contributed by atoms with Gasteiger partial charge in [0.05, 0.1) is 12.1 Å². The third-order valence-corrected chi connectivity index (χ3v) is 3.75. The van der Waals surface area contributed by atoms with Gasteiger partial charge in [0.25, 0.3) is 0 Å². The molecule has 1 heterocycles. The molecule has 0 aliphatic carbocycles. The van der Waals surface area contributed by atoms with Crippen molar-refractivity contribution >= 4 is 17.2 Å². The lowest BCUT2D eigenvalue weighted by Crippen LogP contribution is -2.44. The van der Waals surface area contributed by atoms with Gasteiger partial charge in [-0.05, 0) is 31.9 Å². The van der Waals surface area contributed by atoms with E-state index in [-0.39, 0.29) is 17.9 Å². The van der Waals surface area contributed by atoms with Crippen molar-refractivity contribution in [3.8, 4) is 0 Å². The predicted molar refractivity (Wildman–Crippen MR) is 68.4 cm³/mol. The maximum absolute atomic E-state index is 11.7. The summed E-state index contributed by atoms with van der Waals surface area (Å²) in [4.78, 5) is 14.2. The molecular weight excluding hydrogens is 220 g/mol. The summed E-state index contributed by atoms with van der Waals surface area (Å²) in [5, 5.41) is 2.94. The Morgan fingerprint density at radius 3 is 2.44 bits per heavy atom. The Kier molecular flexibility index (Phi) is 4.50. The summed E-state index contributed by atoms with van der Waals surface area (Å²) < 4.78 is 0. The molecule has 1 aromatic rings. The SMILES string of the molecule is Cc1ccc(C(C)NC(=O)C(N)C(C)C)s1. The second kappa shape index (κ2) is 5.46. The van der Waals surface area contributed by atoms with Crippen LogP contribution >= 0.6 is 11.3 Å². The van der Waals surface area contributed by atoms with Gasteiger partial charge in [-0.15, -0.1) is 11.3 Å². The first kappa shape index (κ1) is 13.2. The topological polar surface area (TPSA) is 55.1 Å². The van der Waals surface area contributed by atoms with Gasteiger partial charge in [-0.1, -0.05) is 13.8 Å². The minimum atomic E-state index is -0.427. The molecule has 0 radical (unpaired) electrons. The second-order valence-corrected chi connectivity index (χ2v) is 5.77. The van der Waals surface area contributed by atoms with E-state index >= 15 is 0 Å². The van der Waals surface area contributed by atoms with Gasteiger partial charge in [0, 0.05) is 9.75 Å². The number of hydrogen-bond acceptors (Lipinski definition) is 3. The van der Waals surface area contributed by atoms with Crippen LogP contribution in [0.25, 0.3) is 0 Å². The van der Waals surface area contributed by atoms with E-state index in [1.54, 1.807) is 11.3 Å². The van der Waals surface area contributed by atoms with Crippen molar-refractivity contribution < 1.29 is 4.79 Å². The molecule has 0 saturated carbocycles. The van der Waals surface area contributed by atoms with E-state index in [1.165, 1.54) is 9.75 Å². The molecule has 0 bridgehead atoms. The van der Waals surface area contributed by atoms with E-state index in [9.17, 15) is 4.79 Å². The highest BCUT2D eigenvalue weighted by molar-refractivity contribution is 7.12. The van der Waals surface area contributed by atoms with Crippen LogP contribution in [0.4, 0.5) is 0 Å². The molecule has 3 N–H and O–H groups in total. The molecule has 0 fully saturated rings. The molecule has 0 aliphatic rings. The number of hydrogen-bond donors (Lipinski definition) is 2. The number of thiophene rings is 1. The first-order chi connectivity index (χ1) is 7.41. The Labute approximate surface area is 101 Å². The molecular formula is C12H20N2OS. The first-order valence-corrected chi connectivity index (χ1v) is 6.35. The molecule has 1 amide bonds. The van der Waals surface area contributed by atoms with Crippen LogP contribution in [0.1, 0.15) is 36.6 Å². The van der Waals surface area contributed by atoms with Crippen LogP contribution in [-0.4, -0.2) is 11.9 Å². The van der Waals surface area contributed by atoms with Crippen molar-refractivity contribution in [2.24, 2.45) is 11.7 Å². The fraction of sp³-hybridized carbons (Fsp3) is 0.583. The Morgan fingerprint density at radius 1 is 1.38 bits per heavy atom. The highest BCUT2D eigenvalue weighted by Gasteiger charge is 2.19. The maximum Gasteiger partial charge on any atom is 0.237 e. The minimum Gasteiger partial charge on any atom is -0.347 e. The van der Waals surface area contributed by atoms with E-state index in [0.29, 0.717) is 0 Å². The Morgan fingerprint density at radius 2 is 2.00 bits per heavy atom. The quantitative estimate of drug-likeness (QED) is 0.848. The molecule has 2 atom stereocenters. The number of carbonyl (C=O) groups is 1. The van der Waals surface area contributed by atoms with Gasteiger partial charge in [0.1, 0.15) is 0 Å². The predicted octanol–water partition coefficient (Wildman–Crippen LogP) is 2.22. The van der Waals surface area contributed by atoms with Gasteiger partial charge in [-0.3, -0.25) is 4.79 Å². The maximum atomic E-state index is 11.7. The average molecular weight is 240 g/mol. The molecule has 0 aliphatic heterocycles. The zero-order valence-corrected chi connectivity index (χ0v) is 11.1. The minimum absolute atomic E-state index is 0.0380. The van der Waals surface area contributed by atoms with Crippen molar-refractivity contribution in [2.45, 2.75) is 39.8 Å². The van der Waals surface area contributed by atoms with Crippen LogP contribution in [-0.2, 0) is 4.79 Å². The summed E-state index contributed by atoms with van der Waals surface area (Å²) in [5.41, 5.74) is 5.78. The second-order valence-electron chi connectivity index (χ2n) is 4.45. The highest BCUT2D eigenvalue weighted by atomic mass is 32.1. The highest BCUT2D eigenvalue weighted by Crippen LogP contribution is 2.22. The molecule has 4 heteroatoms. The Hall–Kier alpha value is -0.870. The molecule has 1 aromatic heterocycles. The third kappa shape index (κ3) is 3.32. The zero-order chi connectivity index (χ0) is 12.3.